The fourth-order valence-electron chi connectivity index (χ4n) is 2.29. The zero-order valence-corrected chi connectivity index (χ0v) is 21.1. The summed E-state index contributed by atoms with van der Waals surface area (Å²) in [6, 6.07) is 0. The molecule has 0 aliphatic rings. The topological polar surface area (TPSA) is 137 Å². The van der Waals surface area contributed by atoms with E-state index in [9.17, 15) is 9.59 Å². The average Bonchev–Trinajstić information content (AvgIpc) is 2.83. The van der Waals surface area contributed by atoms with E-state index in [0.717, 1.165) is 6.42 Å². The van der Waals surface area contributed by atoms with Crippen molar-refractivity contribution in [1.82, 2.24) is 0 Å². The molecule has 35 heavy (non-hydrogen) atoms. The highest BCUT2D eigenvalue weighted by molar-refractivity contribution is 5.69. The number of hydrogen-bond donors (Lipinski definition) is 1. The van der Waals surface area contributed by atoms with Gasteiger partial charge in [0.15, 0.2) is 0 Å². The molecule has 0 aliphatic carbocycles. The fourth-order valence-corrected chi connectivity index (χ4v) is 2.29. The lowest BCUT2D eigenvalue weighted by Gasteiger charge is -2.08. The Hall–Kier alpha value is -1.38. The van der Waals surface area contributed by atoms with Gasteiger partial charge in [-0.25, -0.2) is 0 Å². The number of rotatable bonds is 29. The van der Waals surface area contributed by atoms with Crippen molar-refractivity contribution >= 4 is 11.9 Å². The van der Waals surface area contributed by atoms with Gasteiger partial charge in [-0.15, -0.1) is 0 Å². The van der Waals surface area contributed by atoms with Crippen LogP contribution in [0.25, 0.3) is 0 Å². The van der Waals surface area contributed by atoms with E-state index >= 15 is 0 Å². The van der Waals surface area contributed by atoms with Crippen LogP contribution in [0, 0.1) is 0 Å². The lowest BCUT2D eigenvalue weighted by atomic mass is 10.3. The molecule has 208 valence electrons. The van der Waals surface area contributed by atoms with Crippen LogP contribution in [0.3, 0.4) is 0 Å². The predicted octanol–water partition coefficient (Wildman–Crippen LogP) is 0.937. The monoisotopic (exact) mass is 512 g/mol. The third kappa shape index (κ3) is 30.6. The Morgan fingerprint density at radius 2 is 0.743 bits per heavy atom. The maximum absolute atomic E-state index is 11.1. The fraction of sp³-hybridized carbons (Fsp3) is 0.913. The summed E-state index contributed by atoms with van der Waals surface area (Å²) in [7, 11) is 0. The molecule has 0 aromatic carbocycles. The Kier molecular flexibility index (Phi) is 27.7. The van der Waals surface area contributed by atoms with E-state index in [1.54, 1.807) is 0 Å². The Labute approximate surface area is 208 Å². The van der Waals surface area contributed by atoms with E-state index in [-0.39, 0.29) is 25.6 Å². The molecule has 0 saturated carbocycles. The van der Waals surface area contributed by atoms with Crippen molar-refractivity contribution in [1.29, 1.82) is 0 Å². The lowest BCUT2D eigenvalue weighted by Crippen LogP contribution is -2.15. The van der Waals surface area contributed by atoms with Crippen LogP contribution in [-0.4, -0.2) is 129 Å². The molecule has 0 saturated heterocycles. The Morgan fingerprint density at radius 1 is 0.457 bits per heavy atom. The van der Waals surface area contributed by atoms with Gasteiger partial charge >= 0.3 is 11.9 Å². The standard InChI is InChI=1S/C23H44O12/c1-2-3-23(26)35-21-20-34-19-18-33-17-16-32-15-14-31-13-12-30-11-10-29-9-8-28-7-6-27-5-4-22(24)25/h2-21H2,1H3,(H,24,25). The van der Waals surface area contributed by atoms with Gasteiger partial charge in [-0.2, -0.15) is 0 Å². The number of carboxylic acid groups (broad SMARTS) is 1. The van der Waals surface area contributed by atoms with Crippen molar-refractivity contribution in [2.24, 2.45) is 0 Å². The maximum atomic E-state index is 11.1. The van der Waals surface area contributed by atoms with Crippen molar-refractivity contribution in [3.05, 3.63) is 0 Å². The van der Waals surface area contributed by atoms with Crippen molar-refractivity contribution < 1.29 is 57.3 Å². The molecular weight excluding hydrogens is 468 g/mol. The highest BCUT2D eigenvalue weighted by atomic mass is 16.6. The third-order valence-electron chi connectivity index (χ3n) is 4.01. The van der Waals surface area contributed by atoms with Crippen molar-refractivity contribution in [3.63, 3.8) is 0 Å². The van der Waals surface area contributed by atoms with Gasteiger partial charge in [-0.3, -0.25) is 9.59 Å². The Bertz CT molecular complexity index is 464. The molecule has 0 bridgehead atoms. The van der Waals surface area contributed by atoms with Gasteiger partial charge in [0, 0.05) is 6.42 Å². The minimum Gasteiger partial charge on any atom is -0.481 e. The van der Waals surface area contributed by atoms with Crippen LogP contribution in [0.5, 0.6) is 0 Å². The quantitative estimate of drug-likeness (QED) is 0.113. The summed E-state index contributed by atoms with van der Waals surface area (Å²) in [5, 5.41) is 8.45. The number of carboxylic acids is 1. The summed E-state index contributed by atoms with van der Waals surface area (Å²) in [5.41, 5.74) is 0. The summed E-state index contributed by atoms with van der Waals surface area (Å²) in [6.07, 6.45) is 1.22. The van der Waals surface area contributed by atoms with E-state index in [0.29, 0.717) is 106 Å². The smallest absolute Gasteiger partial charge is 0.305 e. The molecule has 0 radical (unpaired) electrons. The van der Waals surface area contributed by atoms with Gasteiger partial charge in [-0.05, 0) is 6.42 Å². The summed E-state index contributed by atoms with van der Waals surface area (Å²) in [4.78, 5) is 21.4. The number of carbonyl (C=O) groups is 2. The van der Waals surface area contributed by atoms with E-state index < -0.39 is 5.97 Å². The first-order valence-corrected chi connectivity index (χ1v) is 12.2. The minimum absolute atomic E-state index is 0.00222. The Morgan fingerprint density at radius 3 is 1.03 bits per heavy atom. The van der Waals surface area contributed by atoms with Crippen LogP contribution >= 0.6 is 0 Å². The maximum Gasteiger partial charge on any atom is 0.305 e. The molecule has 0 aromatic heterocycles. The molecule has 0 heterocycles. The minimum atomic E-state index is -0.875. The average molecular weight is 513 g/mol. The third-order valence-corrected chi connectivity index (χ3v) is 4.01. The van der Waals surface area contributed by atoms with E-state index in [2.05, 4.69) is 0 Å². The first kappa shape index (κ1) is 33.6. The molecular formula is C23H44O12. The summed E-state index contributed by atoms with van der Waals surface area (Å²) < 4.78 is 47.6. The Balaban J connectivity index is 3.05. The SMILES string of the molecule is CCCC(=O)OCCOCCOCCOCCOCCOCCOCCOCCOCCC(=O)O. The number of hydrogen-bond acceptors (Lipinski definition) is 11. The molecule has 12 heteroatoms. The summed E-state index contributed by atoms with van der Waals surface area (Å²) >= 11 is 0. The normalized spacial score (nSPS) is 11.1. The molecule has 1 N–H and O–H groups in total. The molecule has 0 atom stereocenters. The van der Waals surface area contributed by atoms with Gasteiger partial charge in [0.1, 0.15) is 6.61 Å². The molecule has 0 rings (SSSR count). The van der Waals surface area contributed by atoms with Crippen molar-refractivity contribution in [2.45, 2.75) is 26.2 Å². The van der Waals surface area contributed by atoms with Crippen LogP contribution in [0.4, 0.5) is 0 Å². The van der Waals surface area contributed by atoms with E-state index in [1.165, 1.54) is 0 Å². The zero-order chi connectivity index (χ0) is 25.7. The summed E-state index contributed by atoms with van der Waals surface area (Å²) in [6.45, 7) is 9.17. The number of esters is 1. The molecule has 0 fully saturated rings. The molecule has 0 amide bonds. The highest BCUT2D eigenvalue weighted by Gasteiger charge is 2.00. The van der Waals surface area contributed by atoms with Crippen molar-refractivity contribution in [3.8, 4) is 0 Å². The van der Waals surface area contributed by atoms with E-state index in [1.807, 2.05) is 6.92 Å². The van der Waals surface area contributed by atoms with Crippen LogP contribution in [-0.2, 0) is 52.2 Å². The van der Waals surface area contributed by atoms with E-state index in [4.69, 9.17) is 47.7 Å². The summed E-state index contributed by atoms with van der Waals surface area (Å²) in [5.74, 6) is -1.07. The first-order valence-electron chi connectivity index (χ1n) is 12.2. The first-order chi connectivity index (χ1) is 17.2. The van der Waals surface area contributed by atoms with Crippen LogP contribution in [0.1, 0.15) is 26.2 Å². The number of ether oxygens (including phenoxy) is 9. The molecule has 0 spiro atoms. The van der Waals surface area contributed by atoms with Gasteiger partial charge < -0.3 is 47.7 Å². The zero-order valence-electron chi connectivity index (χ0n) is 21.1. The second-order valence-electron chi connectivity index (χ2n) is 7.01. The lowest BCUT2D eigenvalue weighted by molar-refractivity contribution is -0.145. The number of aliphatic carboxylic acids is 1. The van der Waals surface area contributed by atoms with Gasteiger partial charge in [-0.1, -0.05) is 6.92 Å². The second-order valence-corrected chi connectivity index (χ2v) is 7.01. The molecule has 0 aromatic rings. The van der Waals surface area contributed by atoms with Crippen LogP contribution < -0.4 is 0 Å². The predicted molar refractivity (Wildman–Crippen MR) is 125 cm³/mol. The second kappa shape index (κ2) is 28.9. The number of carbonyl (C=O) groups excluding carboxylic acids is 1. The van der Waals surface area contributed by atoms with Gasteiger partial charge in [0.05, 0.1) is 112 Å². The molecule has 0 aliphatic heterocycles. The largest absolute Gasteiger partial charge is 0.481 e. The van der Waals surface area contributed by atoms with Gasteiger partial charge in [0.25, 0.3) is 0 Å². The van der Waals surface area contributed by atoms with Gasteiger partial charge in [0.2, 0.25) is 0 Å². The highest BCUT2D eigenvalue weighted by Crippen LogP contribution is 1.91. The van der Waals surface area contributed by atoms with Crippen LogP contribution in [0.15, 0.2) is 0 Å². The van der Waals surface area contributed by atoms with Crippen LogP contribution in [0.2, 0.25) is 0 Å². The molecule has 12 nitrogen and oxygen atoms in total. The molecule has 0 unspecified atom stereocenters. The van der Waals surface area contributed by atoms with Crippen molar-refractivity contribution in [2.75, 3.05) is 112 Å².